The predicted octanol–water partition coefficient (Wildman–Crippen LogP) is 2.02. The molecule has 0 fully saturated rings. The van der Waals surface area contributed by atoms with Crippen LogP contribution in [0.15, 0.2) is 24.0 Å². The molecule has 2 nitrogen and oxygen atoms in total. The normalized spacial score (nSPS) is 11.8. The number of hydrogen-bond donors (Lipinski definition) is 0. The van der Waals surface area contributed by atoms with Crippen molar-refractivity contribution in [3.63, 3.8) is 0 Å². The quantitative estimate of drug-likeness (QED) is 0.611. The lowest BCUT2D eigenvalue weighted by Crippen LogP contribution is -1.90. The van der Waals surface area contributed by atoms with Gasteiger partial charge in [-0.25, -0.2) is 0 Å². The van der Waals surface area contributed by atoms with Gasteiger partial charge in [-0.15, -0.1) is 0 Å². The van der Waals surface area contributed by atoms with E-state index in [1.807, 2.05) is 43.1 Å². The highest BCUT2D eigenvalue weighted by molar-refractivity contribution is 5.97. The second-order valence-corrected chi connectivity index (χ2v) is 2.99. The summed E-state index contributed by atoms with van der Waals surface area (Å²) in [7, 11) is 1.96. The second-order valence-electron chi connectivity index (χ2n) is 2.99. The van der Waals surface area contributed by atoms with Crippen molar-refractivity contribution in [1.82, 2.24) is 4.57 Å². The summed E-state index contributed by atoms with van der Waals surface area (Å²) in [6.07, 6.45) is 5.83. The number of allylic oxidation sites excluding steroid dienone is 1. The van der Waals surface area contributed by atoms with Crippen LogP contribution in [-0.4, -0.2) is 10.4 Å². The van der Waals surface area contributed by atoms with Gasteiger partial charge >= 0.3 is 0 Å². The van der Waals surface area contributed by atoms with Crippen LogP contribution in [0.5, 0.6) is 0 Å². The van der Waals surface area contributed by atoms with E-state index in [9.17, 15) is 4.79 Å². The number of aryl methyl sites for hydroxylation is 1. The van der Waals surface area contributed by atoms with Crippen LogP contribution in [0.3, 0.4) is 0 Å². The Balaban J connectivity index is 2.87. The van der Waals surface area contributed by atoms with E-state index in [1.54, 1.807) is 6.92 Å². The minimum absolute atomic E-state index is 0.124. The van der Waals surface area contributed by atoms with Crippen LogP contribution in [0.1, 0.15) is 19.4 Å². The van der Waals surface area contributed by atoms with E-state index in [-0.39, 0.29) is 5.78 Å². The molecular formula is C10H13NO. The molecule has 0 aliphatic heterocycles. The van der Waals surface area contributed by atoms with Gasteiger partial charge in [-0.1, -0.05) is 0 Å². The molecule has 0 unspecified atom stereocenters. The number of carbonyl (C=O) groups is 1. The first kappa shape index (κ1) is 8.78. The largest absolute Gasteiger partial charge is 0.357 e. The van der Waals surface area contributed by atoms with E-state index >= 15 is 0 Å². The zero-order valence-corrected chi connectivity index (χ0v) is 7.66. The molecule has 0 N–H and O–H groups in total. The molecule has 0 radical (unpaired) electrons. The molecule has 0 aliphatic rings. The highest BCUT2D eigenvalue weighted by Gasteiger charge is 1.96. The molecule has 0 spiro atoms. The molecule has 1 aromatic heterocycles. The molecule has 0 aliphatic carbocycles. The molecule has 1 rings (SSSR count). The Labute approximate surface area is 72.5 Å². The number of aromatic nitrogens is 1. The fourth-order valence-corrected chi connectivity index (χ4v) is 0.962. The number of rotatable bonds is 2. The van der Waals surface area contributed by atoms with Gasteiger partial charge in [0.15, 0.2) is 5.78 Å². The molecule has 0 saturated carbocycles. The van der Waals surface area contributed by atoms with Gasteiger partial charge in [-0.3, -0.25) is 4.79 Å². The van der Waals surface area contributed by atoms with E-state index < -0.39 is 0 Å². The fraction of sp³-hybridized carbons (Fsp3) is 0.300. The smallest absolute Gasteiger partial charge is 0.155 e. The maximum absolute atomic E-state index is 10.9. The topological polar surface area (TPSA) is 22.0 Å². The molecular weight excluding hydrogens is 150 g/mol. The van der Waals surface area contributed by atoms with Crippen molar-refractivity contribution in [2.24, 2.45) is 7.05 Å². The van der Waals surface area contributed by atoms with Crippen LogP contribution < -0.4 is 0 Å². The van der Waals surface area contributed by atoms with Crippen molar-refractivity contribution in [2.45, 2.75) is 13.8 Å². The minimum atomic E-state index is 0.124. The van der Waals surface area contributed by atoms with Crippen LogP contribution in [0.4, 0.5) is 0 Å². The van der Waals surface area contributed by atoms with E-state index in [4.69, 9.17) is 0 Å². The Morgan fingerprint density at radius 2 is 2.17 bits per heavy atom. The van der Waals surface area contributed by atoms with Crippen LogP contribution in [0, 0.1) is 0 Å². The zero-order valence-electron chi connectivity index (χ0n) is 7.66. The summed E-state index contributed by atoms with van der Waals surface area (Å²) in [4.78, 5) is 10.9. The van der Waals surface area contributed by atoms with Gasteiger partial charge in [0.1, 0.15) is 0 Å². The zero-order chi connectivity index (χ0) is 9.14. The average Bonchev–Trinajstić information content (AvgIpc) is 2.35. The highest BCUT2D eigenvalue weighted by Crippen LogP contribution is 2.06. The van der Waals surface area contributed by atoms with Crippen molar-refractivity contribution in [2.75, 3.05) is 0 Å². The third-order valence-electron chi connectivity index (χ3n) is 1.79. The van der Waals surface area contributed by atoms with Gasteiger partial charge in [0.05, 0.1) is 0 Å². The summed E-state index contributed by atoms with van der Waals surface area (Å²) < 4.78 is 1.96. The first-order chi connectivity index (χ1) is 5.59. The van der Waals surface area contributed by atoms with Crippen molar-refractivity contribution >= 4 is 11.9 Å². The Morgan fingerprint density at radius 3 is 2.58 bits per heavy atom. The average molecular weight is 163 g/mol. The van der Waals surface area contributed by atoms with Crippen LogP contribution in [0.25, 0.3) is 6.08 Å². The maximum Gasteiger partial charge on any atom is 0.155 e. The number of ketones is 1. The molecule has 0 amide bonds. The molecule has 1 aromatic rings. The van der Waals surface area contributed by atoms with Crippen molar-refractivity contribution in [1.29, 1.82) is 0 Å². The minimum Gasteiger partial charge on any atom is -0.357 e. The number of Topliss-reactive ketones (excluding diaryl/α,β-unsaturated/α-hetero) is 1. The Hall–Kier alpha value is -1.31. The summed E-state index contributed by atoms with van der Waals surface area (Å²) in [5.41, 5.74) is 1.87. The first-order valence-corrected chi connectivity index (χ1v) is 3.91. The Morgan fingerprint density at radius 1 is 1.50 bits per heavy atom. The molecule has 0 aromatic carbocycles. The predicted molar refractivity (Wildman–Crippen MR) is 49.7 cm³/mol. The van der Waals surface area contributed by atoms with Gasteiger partial charge in [0, 0.05) is 19.4 Å². The maximum atomic E-state index is 10.9. The van der Waals surface area contributed by atoms with E-state index in [0.29, 0.717) is 0 Å². The van der Waals surface area contributed by atoms with Crippen LogP contribution in [-0.2, 0) is 11.8 Å². The molecule has 1 heterocycles. The van der Waals surface area contributed by atoms with Crippen molar-refractivity contribution < 1.29 is 4.79 Å². The van der Waals surface area contributed by atoms with Gasteiger partial charge in [0.2, 0.25) is 0 Å². The van der Waals surface area contributed by atoms with Gasteiger partial charge in [0.25, 0.3) is 0 Å². The molecule has 64 valence electrons. The fourth-order valence-electron chi connectivity index (χ4n) is 0.962. The lowest BCUT2D eigenvalue weighted by molar-refractivity contribution is -0.113. The standard InChI is InChI=1S/C10H13NO/c1-8(9(2)12)6-10-4-5-11(3)7-10/h4-7H,1-3H3/b8-6+. The number of nitrogens with zero attached hydrogens (tertiary/aromatic N) is 1. The van der Waals surface area contributed by atoms with Gasteiger partial charge in [-0.05, 0) is 37.1 Å². The van der Waals surface area contributed by atoms with Gasteiger partial charge < -0.3 is 4.57 Å². The lowest BCUT2D eigenvalue weighted by Gasteiger charge is -1.91. The third-order valence-corrected chi connectivity index (χ3v) is 1.79. The molecule has 0 saturated heterocycles. The third kappa shape index (κ3) is 2.09. The molecule has 0 bridgehead atoms. The monoisotopic (exact) mass is 163 g/mol. The SMILES string of the molecule is CC(=O)/C(C)=C/c1ccn(C)c1. The summed E-state index contributed by atoms with van der Waals surface area (Å²) in [6, 6.07) is 1.98. The summed E-state index contributed by atoms with van der Waals surface area (Å²) in [6.45, 7) is 3.41. The molecule has 0 atom stereocenters. The van der Waals surface area contributed by atoms with Crippen molar-refractivity contribution in [3.8, 4) is 0 Å². The number of hydrogen-bond acceptors (Lipinski definition) is 1. The summed E-state index contributed by atoms with van der Waals surface area (Å²) >= 11 is 0. The van der Waals surface area contributed by atoms with E-state index in [1.165, 1.54) is 0 Å². The van der Waals surface area contributed by atoms with E-state index in [2.05, 4.69) is 0 Å². The first-order valence-electron chi connectivity index (χ1n) is 3.91. The highest BCUT2D eigenvalue weighted by atomic mass is 16.1. The summed E-state index contributed by atoms with van der Waals surface area (Å²) in [5.74, 6) is 0.124. The Kier molecular flexibility index (Phi) is 2.48. The molecule has 2 heteroatoms. The second kappa shape index (κ2) is 3.39. The van der Waals surface area contributed by atoms with Crippen molar-refractivity contribution in [3.05, 3.63) is 29.6 Å². The van der Waals surface area contributed by atoms with Gasteiger partial charge in [-0.2, -0.15) is 0 Å². The molecule has 12 heavy (non-hydrogen) atoms. The van der Waals surface area contributed by atoms with Crippen LogP contribution in [0.2, 0.25) is 0 Å². The summed E-state index contributed by atoms with van der Waals surface area (Å²) in [5, 5.41) is 0. The number of carbonyl (C=O) groups excluding carboxylic acids is 1. The van der Waals surface area contributed by atoms with Crippen LogP contribution >= 0.6 is 0 Å². The lowest BCUT2D eigenvalue weighted by atomic mass is 10.1. The van der Waals surface area contributed by atoms with E-state index in [0.717, 1.165) is 11.1 Å². The Bertz CT molecular complexity index is 320.